The molecule has 11 aromatic rings. The first-order chi connectivity index (χ1) is 27.8. The Morgan fingerprint density at radius 2 is 0.875 bits per heavy atom. The fourth-order valence-corrected chi connectivity index (χ4v) is 9.30. The molecule has 0 spiro atoms. The fraction of sp³-hybridized carbons (Fsp3) is 0. The lowest BCUT2D eigenvalue weighted by Crippen LogP contribution is -2.06. The number of thiophene rings is 1. The van der Waals surface area contributed by atoms with Crippen LogP contribution in [0.15, 0.2) is 194 Å². The Labute approximate surface area is 327 Å². The first kappa shape index (κ1) is 32.2. The summed E-state index contributed by atoms with van der Waals surface area (Å²) in [5.74, 6) is 1.85. The van der Waals surface area contributed by atoms with E-state index in [1.165, 1.54) is 42.4 Å². The zero-order valence-electron chi connectivity index (χ0n) is 30.2. The Morgan fingerprint density at radius 3 is 1.57 bits per heavy atom. The van der Waals surface area contributed by atoms with Gasteiger partial charge in [-0.05, 0) is 57.6 Å². The molecule has 0 amide bonds. The lowest BCUT2D eigenvalue weighted by Gasteiger charge is -2.12. The summed E-state index contributed by atoms with van der Waals surface area (Å²) in [6, 6.07) is 68.6. The summed E-state index contributed by atoms with van der Waals surface area (Å²) in [4.78, 5) is 15.3. The summed E-state index contributed by atoms with van der Waals surface area (Å²) in [5, 5.41) is 4.93. The average molecular weight is 733 g/mol. The van der Waals surface area contributed by atoms with Crippen molar-refractivity contribution < 1.29 is 0 Å². The van der Waals surface area contributed by atoms with Crippen LogP contribution in [0.1, 0.15) is 0 Å². The van der Waals surface area contributed by atoms with Crippen molar-refractivity contribution in [1.29, 1.82) is 0 Å². The minimum Gasteiger partial charge on any atom is -0.278 e. The van der Waals surface area contributed by atoms with E-state index < -0.39 is 0 Å². The van der Waals surface area contributed by atoms with Crippen LogP contribution in [0, 0.1) is 0 Å². The van der Waals surface area contributed by atoms with Gasteiger partial charge in [-0.25, -0.2) is 4.98 Å². The second kappa shape index (κ2) is 13.3. The van der Waals surface area contributed by atoms with E-state index in [9.17, 15) is 0 Å². The normalized spacial score (nSPS) is 11.6. The van der Waals surface area contributed by atoms with Gasteiger partial charge in [0, 0.05) is 42.1 Å². The average Bonchev–Trinajstić information content (AvgIpc) is 3.83. The highest BCUT2D eigenvalue weighted by Gasteiger charge is 2.19. The van der Waals surface area contributed by atoms with Crippen molar-refractivity contribution in [1.82, 2.24) is 19.5 Å². The number of para-hydroxylation sites is 2. The Balaban J connectivity index is 1.01. The number of hydrogen-bond donors (Lipinski definition) is 0. The standard InChI is InChI=1S/C51H32N4S/c1-3-14-34(15-4-1)40-31-30-39(47-43-22-9-12-25-46(43)56-48(40)47)38-19-13-18-37(32-38)33-26-28-36(29-27-33)50-52-49(35-16-5-2-6-17-35)53-51(54-50)55-44-23-10-7-20-41(44)42-21-8-11-24-45(42)55/h1-32H. The van der Waals surface area contributed by atoms with Crippen molar-refractivity contribution in [3.8, 4) is 62.1 Å². The van der Waals surface area contributed by atoms with Crippen LogP contribution in [0.5, 0.6) is 0 Å². The minimum absolute atomic E-state index is 0.591. The van der Waals surface area contributed by atoms with E-state index in [0.29, 0.717) is 17.6 Å². The maximum Gasteiger partial charge on any atom is 0.238 e. The molecule has 11 rings (SSSR count). The summed E-state index contributed by atoms with van der Waals surface area (Å²) >= 11 is 1.87. The van der Waals surface area contributed by atoms with Gasteiger partial charge in [0.15, 0.2) is 11.6 Å². The van der Waals surface area contributed by atoms with Gasteiger partial charge in [-0.15, -0.1) is 11.3 Å². The van der Waals surface area contributed by atoms with E-state index in [0.717, 1.165) is 44.1 Å². The van der Waals surface area contributed by atoms with Crippen molar-refractivity contribution in [3.63, 3.8) is 0 Å². The van der Waals surface area contributed by atoms with Crippen LogP contribution in [0.4, 0.5) is 0 Å². The molecule has 3 heterocycles. The smallest absolute Gasteiger partial charge is 0.238 e. The number of rotatable bonds is 6. The number of hydrogen-bond acceptors (Lipinski definition) is 4. The van der Waals surface area contributed by atoms with Crippen molar-refractivity contribution >= 4 is 53.3 Å². The van der Waals surface area contributed by atoms with Crippen LogP contribution in [-0.2, 0) is 0 Å². The van der Waals surface area contributed by atoms with E-state index >= 15 is 0 Å². The van der Waals surface area contributed by atoms with E-state index in [1.54, 1.807) is 0 Å². The number of fused-ring (bicyclic) bond motifs is 6. The molecule has 5 heteroatoms. The molecule has 0 saturated carbocycles. The molecule has 0 aliphatic rings. The summed E-state index contributed by atoms with van der Waals surface area (Å²) in [6.07, 6.45) is 0. The zero-order valence-corrected chi connectivity index (χ0v) is 31.0. The predicted octanol–water partition coefficient (Wildman–Crippen LogP) is 13.7. The van der Waals surface area contributed by atoms with Gasteiger partial charge in [0.05, 0.1) is 11.0 Å². The van der Waals surface area contributed by atoms with E-state index in [-0.39, 0.29) is 0 Å². The summed E-state index contributed by atoms with van der Waals surface area (Å²) in [7, 11) is 0. The Bertz CT molecular complexity index is 3180. The van der Waals surface area contributed by atoms with E-state index in [2.05, 4.69) is 168 Å². The summed E-state index contributed by atoms with van der Waals surface area (Å²) in [6.45, 7) is 0. The van der Waals surface area contributed by atoms with Crippen LogP contribution in [-0.4, -0.2) is 19.5 Å². The number of benzene rings is 8. The van der Waals surface area contributed by atoms with Crippen LogP contribution in [0.25, 0.3) is 104 Å². The third-order valence-corrected chi connectivity index (χ3v) is 11.9. The van der Waals surface area contributed by atoms with Crippen LogP contribution in [0.3, 0.4) is 0 Å². The van der Waals surface area contributed by atoms with Crippen LogP contribution < -0.4 is 0 Å². The van der Waals surface area contributed by atoms with E-state index in [4.69, 9.17) is 15.0 Å². The molecule has 0 radical (unpaired) electrons. The maximum atomic E-state index is 5.15. The van der Waals surface area contributed by atoms with Gasteiger partial charge in [-0.3, -0.25) is 4.57 Å². The van der Waals surface area contributed by atoms with Crippen LogP contribution in [0.2, 0.25) is 0 Å². The molecular formula is C51H32N4S. The molecule has 0 fully saturated rings. The Hall–Kier alpha value is -7.21. The molecule has 0 N–H and O–H groups in total. The summed E-state index contributed by atoms with van der Waals surface area (Å²) in [5.41, 5.74) is 11.2. The molecule has 0 aliphatic carbocycles. The highest BCUT2D eigenvalue weighted by Crippen LogP contribution is 2.45. The fourth-order valence-electron chi connectivity index (χ4n) is 8.04. The molecule has 262 valence electrons. The van der Waals surface area contributed by atoms with Crippen molar-refractivity contribution in [3.05, 3.63) is 194 Å². The number of aromatic nitrogens is 4. The van der Waals surface area contributed by atoms with Gasteiger partial charge in [0.25, 0.3) is 0 Å². The van der Waals surface area contributed by atoms with Gasteiger partial charge in [0.1, 0.15) is 0 Å². The molecule has 4 nitrogen and oxygen atoms in total. The molecule has 0 saturated heterocycles. The van der Waals surface area contributed by atoms with Gasteiger partial charge >= 0.3 is 0 Å². The maximum absolute atomic E-state index is 5.15. The van der Waals surface area contributed by atoms with Gasteiger partial charge < -0.3 is 0 Å². The SMILES string of the molecule is c1ccc(-c2nc(-c3ccc(-c4cccc(-c5ccc(-c6ccccc6)c6sc7ccccc7c56)c4)cc3)nc(-n3c4ccccc4c4ccccc43)n2)cc1. The molecular weight excluding hydrogens is 701 g/mol. The van der Waals surface area contributed by atoms with Crippen molar-refractivity contribution in [2.75, 3.05) is 0 Å². The molecule has 0 unspecified atom stereocenters. The third kappa shape index (κ3) is 5.40. The lowest BCUT2D eigenvalue weighted by molar-refractivity contribution is 0.953. The number of nitrogens with zero attached hydrogens (tertiary/aromatic N) is 4. The van der Waals surface area contributed by atoms with E-state index in [1.807, 2.05) is 41.7 Å². The first-order valence-corrected chi connectivity index (χ1v) is 19.6. The van der Waals surface area contributed by atoms with Crippen molar-refractivity contribution in [2.45, 2.75) is 0 Å². The quantitative estimate of drug-likeness (QED) is 0.171. The lowest BCUT2D eigenvalue weighted by atomic mass is 9.93. The summed E-state index contributed by atoms with van der Waals surface area (Å²) < 4.78 is 4.77. The minimum atomic E-state index is 0.591. The first-order valence-electron chi connectivity index (χ1n) is 18.8. The largest absolute Gasteiger partial charge is 0.278 e. The zero-order chi connectivity index (χ0) is 37.0. The van der Waals surface area contributed by atoms with Gasteiger partial charge in [-0.1, -0.05) is 170 Å². The van der Waals surface area contributed by atoms with Gasteiger partial charge in [0.2, 0.25) is 5.95 Å². The Morgan fingerprint density at radius 1 is 0.357 bits per heavy atom. The third-order valence-electron chi connectivity index (χ3n) is 10.7. The highest BCUT2D eigenvalue weighted by molar-refractivity contribution is 7.26. The monoisotopic (exact) mass is 732 g/mol. The second-order valence-electron chi connectivity index (χ2n) is 14.0. The van der Waals surface area contributed by atoms with Crippen molar-refractivity contribution in [2.24, 2.45) is 0 Å². The molecule has 0 bridgehead atoms. The highest BCUT2D eigenvalue weighted by atomic mass is 32.1. The topological polar surface area (TPSA) is 43.6 Å². The molecule has 56 heavy (non-hydrogen) atoms. The molecule has 8 aromatic carbocycles. The molecule has 3 aromatic heterocycles. The second-order valence-corrected chi connectivity index (χ2v) is 15.1. The van der Waals surface area contributed by atoms with Gasteiger partial charge in [-0.2, -0.15) is 9.97 Å². The van der Waals surface area contributed by atoms with Crippen LogP contribution >= 0.6 is 11.3 Å². The molecule has 0 atom stereocenters. The molecule has 0 aliphatic heterocycles. The Kier molecular flexibility index (Phi) is 7.64. The predicted molar refractivity (Wildman–Crippen MR) is 234 cm³/mol.